The monoisotopic (exact) mass is 424 g/mol. The molecule has 0 unspecified atom stereocenters. The highest BCUT2D eigenvalue weighted by atomic mass is 16.2. The first-order valence-corrected chi connectivity index (χ1v) is 12.5. The van der Waals surface area contributed by atoms with E-state index >= 15 is 0 Å². The number of rotatable bonds is 6. The first kappa shape index (κ1) is 21.3. The molecule has 0 radical (unpaired) electrons. The molecular weight excluding hydrogens is 384 g/mol. The molecular formula is C26H40N4O. The van der Waals surface area contributed by atoms with Crippen LogP contribution in [0.1, 0.15) is 56.9 Å². The van der Waals surface area contributed by atoms with Gasteiger partial charge in [0.25, 0.3) is 0 Å². The van der Waals surface area contributed by atoms with Gasteiger partial charge in [0, 0.05) is 25.2 Å². The maximum absolute atomic E-state index is 13.6. The third-order valence-electron chi connectivity index (χ3n) is 8.81. The predicted molar refractivity (Wildman–Crippen MR) is 125 cm³/mol. The van der Waals surface area contributed by atoms with Crippen LogP contribution in [0, 0.1) is 11.8 Å². The summed E-state index contributed by atoms with van der Waals surface area (Å²) < 4.78 is 0. The van der Waals surface area contributed by atoms with Crippen molar-refractivity contribution in [3.05, 3.63) is 35.9 Å². The summed E-state index contributed by atoms with van der Waals surface area (Å²) in [5.41, 5.74) is 1.56. The van der Waals surface area contributed by atoms with Crippen molar-refractivity contribution >= 4 is 6.03 Å². The van der Waals surface area contributed by atoms with Crippen molar-refractivity contribution in [3.63, 3.8) is 0 Å². The minimum atomic E-state index is 0.0425. The lowest BCUT2D eigenvalue weighted by Gasteiger charge is -2.51. The summed E-state index contributed by atoms with van der Waals surface area (Å²) in [4.78, 5) is 20.6. The van der Waals surface area contributed by atoms with Gasteiger partial charge in [-0.1, -0.05) is 30.3 Å². The number of carbonyl (C=O) groups is 1. The second-order valence-electron chi connectivity index (χ2n) is 10.9. The molecule has 2 aliphatic heterocycles. The van der Waals surface area contributed by atoms with Crippen LogP contribution in [0.3, 0.4) is 0 Å². The molecule has 4 aliphatic rings. The Labute approximate surface area is 188 Å². The van der Waals surface area contributed by atoms with E-state index in [4.69, 9.17) is 0 Å². The number of hydrogen-bond acceptors (Lipinski definition) is 3. The third-order valence-corrected chi connectivity index (χ3v) is 8.81. The van der Waals surface area contributed by atoms with Crippen molar-refractivity contribution in [2.75, 3.05) is 46.8 Å². The lowest BCUT2D eigenvalue weighted by molar-refractivity contribution is 0.0231. The SMILES string of the molecule is CN(C)C1(c2ccccc2)CCC2(CC1)CN(CC1CCNCC1)C(=O)N2CC1CC1. The molecule has 4 fully saturated rings. The summed E-state index contributed by atoms with van der Waals surface area (Å²) in [6.07, 6.45) is 9.50. The average Bonchev–Trinajstić information content (AvgIpc) is 3.59. The zero-order valence-corrected chi connectivity index (χ0v) is 19.5. The molecule has 5 nitrogen and oxygen atoms in total. The van der Waals surface area contributed by atoms with E-state index in [2.05, 4.69) is 64.4 Å². The molecule has 2 saturated carbocycles. The number of benzene rings is 1. The molecule has 1 N–H and O–H groups in total. The molecule has 170 valence electrons. The Hall–Kier alpha value is -1.59. The number of piperidine rings is 1. The Balaban J connectivity index is 1.36. The Kier molecular flexibility index (Phi) is 5.76. The van der Waals surface area contributed by atoms with Crippen LogP contribution < -0.4 is 5.32 Å². The number of nitrogens with zero attached hydrogens (tertiary/aromatic N) is 3. The van der Waals surface area contributed by atoms with Crippen LogP contribution in [0.4, 0.5) is 4.79 Å². The van der Waals surface area contributed by atoms with Crippen molar-refractivity contribution in [3.8, 4) is 0 Å². The first-order valence-electron chi connectivity index (χ1n) is 12.5. The van der Waals surface area contributed by atoms with Crippen LogP contribution >= 0.6 is 0 Å². The largest absolute Gasteiger partial charge is 0.322 e. The van der Waals surface area contributed by atoms with Crippen molar-refractivity contribution < 1.29 is 4.79 Å². The van der Waals surface area contributed by atoms with Gasteiger partial charge >= 0.3 is 6.03 Å². The van der Waals surface area contributed by atoms with Crippen LogP contribution in [0.2, 0.25) is 0 Å². The number of hydrogen-bond donors (Lipinski definition) is 1. The molecule has 0 atom stereocenters. The molecule has 2 amide bonds. The van der Waals surface area contributed by atoms with E-state index in [1.54, 1.807) is 0 Å². The van der Waals surface area contributed by atoms with E-state index in [-0.39, 0.29) is 11.1 Å². The summed E-state index contributed by atoms with van der Waals surface area (Å²) >= 11 is 0. The lowest BCUT2D eigenvalue weighted by Crippen LogP contribution is -2.55. The number of carbonyl (C=O) groups excluding carboxylic acids is 1. The second kappa shape index (κ2) is 8.40. The summed E-state index contributed by atoms with van der Waals surface area (Å²) in [7, 11) is 4.46. The van der Waals surface area contributed by atoms with E-state index in [0.717, 1.165) is 64.3 Å². The van der Waals surface area contributed by atoms with Crippen molar-refractivity contribution in [1.29, 1.82) is 0 Å². The Morgan fingerprint density at radius 1 is 0.935 bits per heavy atom. The summed E-state index contributed by atoms with van der Waals surface area (Å²) in [5, 5.41) is 3.47. The average molecular weight is 425 g/mol. The van der Waals surface area contributed by atoms with E-state index < -0.39 is 0 Å². The number of amides is 2. The molecule has 0 bridgehead atoms. The highest BCUT2D eigenvalue weighted by Gasteiger charge is 2.55. The fraction of sp³-hybridized carbons (Fsp3) is 0.731. The van der Waals surface area contributed by atoms with Gasteiger partial charge in [0.15, 0.2) is 0 Å². The van der Waals surface area contributed by atoms with Crippen LogP contribution in [0.15, 0.2) is 30.3 Å². The highest BCUT2D eigenvalue weighted by Crippen LogP contribution is 2.50. The van der Waals surface area contributed by atoms with Crippen LogP contribution in [-0.4, -0.2) is 73.1 Å². The Morgan fingerprint density at radius 3 is 2.19 bits per heavy atom. The predicted octanol–water partition coefficient (Wildman–Crippen LogP) is 3.90. The van der Waals surface area contributed by atoms with Crippen LogP contribution in [0.5, 0.6) is 0 Å². The van der Waals surface area contributed by atoms with Gasteiger partial charge in [-0.05, 0) is 96.0 Å². The molecule has 2 aliphatic carbocycles. The molecule has 1 aromatic carbocycles. The second-order valence-corrected chi connectivity index (χ2v) is 10.9. The van der Waals surface area contributed by atoms with Gasteiger partial charge in [-0.15, -0.1) is 0 Å². The number of nitrogens with one attached hydrogen (secondary N) is 1. The zero-order valence-electron chi connectivity index (χ0n) is 19.5. The molecule has 5 rings (SSSR count). The van der Waals surface area contributed by atoms with Gasteiger partial charge in [0.1, 0.15) is 0 Å². The normalized spacial score (nSPS) is 32.4. The van der Waals surface area contributed by atoms with E-state index in [1.807, 2.05) is 0 Å². The minimum absolute atomic E-state index is 0.0425. The molecule has 0 aromatic heterocycles. The third kappa shape index (κ3) is 4.00. The minimum Gasteiger partial charge on any atom is -0.322 e. The van der Waals surface area contributed by atoms with E-state index in [0.29, 0.717) is 11.9 Å². The van der Waals surface area contributed by atoms with Crippen molar-refractivity contribution in [2.45, 2.75) is 62.4 Å². The zero-order chi connectivity index (χ0) is 21.5. The van der Waals surface area contributed by atoms with Gasteiger partial charge in [-0.3, -0.25) is 4.90 Å². The summed E-state index contributed by atoms with van der Waals surface area (Å²) in [6, 6.07) is 11.4. The molecule has 2 saturated heterocycles. The molecule has 1 aromatic rings. The summed E-state index contributed by atoms with van der Waals surface area (Å²) in [6.45, 7) is 5.10. The standard InChI is InChI=1S/C26H40N4O/c1-28(2)26(23-6-4-3-5-7-23)14-12-25(13-15-26)20-29(18-22-10-16-27-17-11-22)24(31)30(25)19-21-8-9-21/h3-7,21-22,27H,8-20H2,1-2H3. The maximum atomic E-state index is 13.6. The fourth-order valence-electron chi connectivity index (χ4n) is 6.53. The maximum Gasteiger partial charge on any atom is 0.320 e. The smallest absolute Gasteiger partial charge is 0.320 e. The van der Waals surface area contributed by atoms with Gasteiger partial charge in [0.2, 0.25) is 0 Å². The Bertz CT molecular complexity index is 761. The van der Waals surface area contributed by atoms with Gasteiger partial charge in [-0.25, -0.2) is 4.79 Å². The van der Waals surface area contributed by atoms with E-state index in [1.165, 1.54) is 31.2 Å². The first-order chi connectivity index (χ1) is 15.0. The molecule has 1 spiro atoms. The molecule has 5 heteroatoms. The molecule has 31 heavy (non-hydrogen) atoms. The highest BCUT2D eigenvalue weighted by molar-refractivity contribution is 5.78. The van der Waals surface area contributed by atoms with E-state index in [9.17, 15) is 4.79 Å². The molecule has 2 heterocycles. The van der Waals surface area contributed by atoms with Gasteiger partial charge in [-0.2, -0.15) is 0 Å². The fourth-order valence-corrected chi connectivity index (χ4v) is 6.53. The van der Waals surface area contributed by atoms with Crippen LogP contribution in [0.25, 0.3) is 0 Å². The number of urea groups is 1. The summed E-state index contributed by atoms with van der Waals surface area (Å²) in [5.74, 6) is 1.41. The lowest BCUT2D eigenvalue weighted by atomic mass is 9.68. The van der Waals surface area contributed by atoms with Crippen molar-refractivity contribution in [1.82, 2.24) is 20.0 Å². The van der Waals surface area contributed by atoms with Crippen molar-refractivity contribution in [2.24, 2.45) is 11.8 Å². The van der Waals surface area contributed by atoms with Gasteiger partial charge < -0.3 is 15.1 Å². The van der Waals surface area contributed by atoms with Gasteiger partial charge in [0.05, 0.1) is 5.54 Å². The van der Waals surface area contributed by atoms with Crippen LogP contribution in [-0.2, 0) is 5.54 Å². The Morgan fingerprint density at radius 2 is 1.58 bits per heavy atom. The quantitative estimate of drug-likeness (QED) is 0.753. The topological polar surface area (TPSA) is 38.8 Å².